The molecule has 0 bridgehead atoms. The third-order valence-corrected chi connectivity index (χ3v) is 5.43. The first kappa shape index (κ1) is 28.5. The molecule has 0 saturated heterocycles. The van der Waals surface area contributed by atoms with Gasteiger partial charge in [0.1, 0.15) is 0 Å². The van der Waals surface area contributed by atoms with Crippen molar-refractivity contribution in [3.05, 3.63) is 0 Å². The summed E-state index contributed by atoms with van der Waals surface area (Å²) in [5.74, 6) is 0. The van der Waals surface area contributed by atoms with Crippen molar-refractivity contribution in [3.63, 3.8) is 0 Å². The first-order valence-corrected chi connectivity index (χ1v) is 11.9. The zero-order chi connectivity index (χ0) is 18.6. The molecule has 0 aliphatic heterocycles. The lowest BCUT2D eigenvalue weighted by Crippen LogP contribution is -3.00. The summed E-state index contributed by atoms with van der Waals surface area (Å²) in [7, 11) is 6.90. The van der Waals surface area contributed by atoms with E-state index in [9.17, 15) is 0 Å². The molecular weight excluding hydrogens is 338 g/mol. The largest absolute Gasteiger partial charge is 1.00 e. The van der Waals surface area contributed by atoms with E-state index in [0.717, 1.165) is 4.48 Å². The fraction of sp³-hybridized carbons (Fsp3) is 1.00. The molecule has 0 aromatic heterocycles. The number of hydrogen-bond acceptors (Lipinski definition) is 0. The molecule has 0 saturated carbocycles. The van der Waals surface area contributed by atoms with Crippen LogP contribution in [0.2, 0.25) is 0 Å². The van der Waals surface area contributed by atoms with Crippen LogP contribution in [0, 0.1) is 0 Å². The van der Waals surface area contributed by atoms with Gasteiger partial charge in [0.05, 0.1) is 27.7 Å². The zero-order valence-electron chi connectivity index (χ0n) is 19.0. The molecule has 160 valence electrons. The summed E-state index contributed by atoms with van der Waals surface area (Å²) in [5.41, 5.74) is 0. The lowest BCUT2D eigenvalue weighted by Gasteiger charge is -2.23. The van der Waals surface area contributed by atoms with Gasteiger partial charge >= 0.3 is 0 Å². The predicted octanol–water partition coefficient (Wildman–Crippen LogP) is 5.13. The second kappa shape index (κ2) is 21.5. The summed E-state index contributed by atoms with van der Waals surface area (Å²) in [5, 5.41) is 0. The molecule has 0 radical (unpaired) electrons. The van der Waals surface area contributed by atoms with E-state index < -0.39 is 0 Å². The molecular formula is C24H52ClN. The smallest absolute Gasteiger partial charge is 0.0780 e. The van der Waals surface area contributed by atoms with E-state index in [-0.39, 0.29) is 12.4 Å². The van der Waals surface area contributed by atoms with Crippen LogP contribution in [0.15, 0.2) is 0 Å². The fourth-order valence-electron chi connectivity index (χ4n) is 3.66. The van der Waals surface area contributed by atoms with E-state index in [1.165, 1.54) is 129 Å². The summed E-state index contributed by atoms with van der Waals surface area (Å²) >= 11 is 0. The lowest BCUT2D eigenvalue weighted by atomic mass is 10.0. The van der Waals surface area contributed by atoms with Crippen LogP contribution in [-0.2, 0) is 0 Å². The Kier molecular flexibility index (Phi) is 23.6. The van der Waals surface area contributed by atoms with Crippen LogP contribution in [0.3, 0.4) is 0 Å². The number of unbranched alkanes of at least 4 members (excludes halogenated alkanes) is 18. The summed E-state index contributed by atoms with van der Waals surface area (Å²) in [6.07, 6.45) is 27.8. The van der Waals surface area contributed by atoms with Crippen molar-refractivity contribution in [2.45, 2.75) is 129 Å². The van der Waals surface area contributed by atoms with Crippen molar-refractivity contribution in [1.29, 1.82) is 0 Å². The molecule has 0 unspecified atom stereocenters. The molecule has 0 aromatic carbocycles. The van der Waals surface area contributed by atoms with Gasteiger partial charge in [-0.3, -0.25) is 0 Å². The number of hydrogen-bond donors (Lipinski definition) is 0. The number of nitrogens with zero attached hydrogens (tertiary/aromatic N) is 1. The van der Waals surface area contributed by atoms with E-state index in [2.05, 4.69) is 28.1 Å². The molecule has 26 heavy (non-hydrogen) atoms. The van der Waals surface area contributed by atoms with E-state index in [1.807, 2.05) is 0 Å². The highest BCUT2D eigenvalue weighted by molar-refractivity contribution is 4.50. The van der Waals surface area contributed by atoms with E-state index >= 15 is 0 Å². The molecule has 0 aliphatic carbocycles. The van der Waals surface area contributed by atoms with Crippen molar-refractivity contribution in [3.8, 4) is 0 Å². The van der Waals surface area contributed by atoms with Crippen LogP contribution < -0.4 is 12.4 Å². The van der Waals surface area contributed by atoms with Crippen molar-refractivity contribution in [2.75, 3.05) is 27.7 Å². The Hall–Kier alpha value is 0.250. The molecule has 0 aromatic rings. The minimum Gasteiger partial charge on any atom is -1.00 e. The number of rotatable bonds is 20. The minimum atomic E-state index is 0. The van der Waals surface area contributed by atoms with Crippen LogP contribution in [0.4, 0.5) is 0 Å². The van der Waals surface area contributed by atoms with Crippen LogP contribution in [0.25, 0.3) is 0 Å². The van der Waals surface area contributed by atoms with Crippen molar-refractivity contribution < 1.29 is 16.9 Å². The first-order valence-electron chi connectivity index (χ1n) is 11.9. The van der Waals surface area contributed by atoms with Crippen molar-refractivity contribution in [2.24, 2.45) is 0 Å². The van der Waals surface area contributed by atoms with Gasteiger partial charge in [0.25, 0.3) is 0 Å². The van der Waals surface area contributed by atoms with E-state index in [4.69, 9.17) is 0 Å². The quantitative estimate of drug-likeness (QED) is 0.200. The zero-order valence-corrected chi connectivity index (χ0v) is 19.7. The lowest BCUT2D eigenvalue weighted by molar-refractivity contribution is -0.870. The first-order chi connectivity index (χ1) is 12.1. The second-order valence-electron chi connectivity index (χ2n) is 9.38. The van der Waals surface area contributed by atoms with Crippen molar-refractivity contribution >= 4 is 0 Å². The van der Waals surface area contributed by atoms with Gasteiger partial charge in [0, 0.05) is 0 Å². The summed E-state index contributed by atoms with van der Waals surface area (Å²) in [6, 6.07) is 0. The molecule has 2 heteroatoms. The van der Waals surface area contributed by atoms with Gasteiger partial charge in [-0.25, -0.2) is 0 Å². The van der Waals surface area contributed by atoms with Gasteiger partial charge in [-0.2, -0.15) is 0 Å². The topological polar surface area (TPSA) is 0 Å². The predicted molar refractivity (Wildman–Crippen MR) is 116 cm³/mol. The summed E-state index contributed by atoms with van der Waals surface area (Å²) in [4.78, 5) is 0. The number of halogens is 1. The van der Waals surface area contributed by atoms with E-state index in [1.54, 1.807) is 0 Å². The van der Waals surface area contributed by atoms with Crippen LogP contribution in [0.5, 0.6) is 0 Å². The monoisotopic (exact) mass is 389 g/mol. The fourth-order valence-corrected chi connectivity index (χ4v) is 3.66. The highest BCUT2D eigenvalue weighted by Gasteiger charge is 2.04. The molecule has 0 rings (SSSR count). The maximum Gasteiger partial charge on any atom is 0.0780 e. The highest BCUT2D eigenvalue weighted by Crippen LogP contribution is 2.14. The molecule has 0 atom stereocenters. The standard InChI is InChI=1S/C24H52N.ClH/c1-5-6-7-8-9-10-11-12-13-14-15-16-17-18-19-20-21-22-23-24-25(2,3)4;/h5-24H2,1-4H3;1H/q+1;/p-1. The average Bonchev–Trinajstić information content (AvgIpc) is 2.56. The molecule has 0 N–H and O–H groups in total. The van der Waals surface area contributed by atoms with Crippen LogP contribution in [-0.4, -0.2) is 32.2 Å². The molecule has 0 fully saturated rings. The molecule has 0 spiro atoms. The molecule has 0 heterocycles. The van der Waals surface area contributed by atoms with Gasteiger partial charge in [-0.15, -0.1) is 0 Å². The van der Waals surface area contributed by atoms with Crippen molar-refractivity contribution in [1.82, 2.24) is 0 Å². The SMILES string of the molecule is CCCCCCCCCCCCCCCCCCCCC[N+](C)(C)C.[Cl-]. The Balaban J connectivity index is 0. The van der Waals surface area contributed by atoms with Gasteiger partial charge in [0.15, 0.2) is 0 Å². The Morgan fingerprint density at radius 3 is 0.846 bits per heavy atom. The Morgan fingerprint density at radius 2 is 0.615 bits per heavy atom. The molecule has 1 nitrogen and oxygen atoms in total. The third kappa shape index (κ3) is 26.5. The average molecular weight is 390 g/mol. The van der Waals surface area contributed by atoms with Gasteiger partial charge in [-0.05, 0) is 12.8 Å². The van der Waals surface area contributed by atoms with Gasteiger partial charge in [-0.1, -0.05) is 116 Å². The van der Waals surface area contributed by atoms with Crippen LogP contribution in [0.1, 0.15) is 129 Å². The normalized spacial score (nSPS) is 11.5. The Bertz CT molecular complexity index is 247. The Morgan fingerprint density at radius 1 is 0.385 bits per heavy atom. The molecule has 0 aliphatic rings. The minimum absolute atomic E-state index is 0. The van der Waals surface area contributed by atoms with Crippen LogP contribution >= 0.6 is 0 Å². The second-order valence-corrected chi connectivity index (χ2v) is 9.38. The molecule has 0 amide bonds. The highest BCUT2D eigenvalue weighted by atomic mass is 35.5. The third-order valence-electron chi connectivity index (χ3n) is 5.43. The maximum absolute atomic E-state index is 2.30. The maximum atomic E-state index is 2.30. The summed E-state index contributed by atoms with van der Waals surface area (Å²) < 4.78 is 1.12. The van der Waals surface area contributed by atoms with Gasteiger partial charge in [0.2, 0.25) is 0 Å². The summed E-state index contributed by atoms with van der Waals surface area (Å²) in [6.45, 7) is 3.63. The number of quaternary nitrogens is 1. The van der Waals surface area contributed by atoms with E-state index in [0.29, 0.717) is 0 Å². The Labute approximate surface area is 173 Å². The van der Waals surface area contributed by atoms with Gasteiger partial charge < -0.3 is 16.9 Å².